The molecule has 0 bridgehead atoms. The molecular weight excluding hydrogens is 378 g/mol. The Labute approximate surface area is 166 Å². The van der Waals surface area contributed by atoms with Crippen LogP contribution < -0.4 is 4.90 Å². The van der Waals surface area contributed by atoms with E-state index in [2.05, 4.69) is 0 Å². The summed E-state index contributed by atoms with van der Waals surface area (Å²) in [5.74, 6) is -1.42. The van der Waals surface area contributed by atoms with Crippen LogP contribution in [-0.4, -0.2) is 16.8 Å². The number of aliphatic hydroxyl groups excluding tert-OH is 1. The van der Waals surface area contributed by atoms with E-state index < -0.39 is 17.7 Å². The maximum atomic E-state index is 12.9. The highest BCUT2D eigenvalue weighted by atomic mass is 35.5. The molecular formula is C22H16ClNO4. The van der Waals surface area contributed by atoms with Crippen molar-refractivity contribution in [2.45, 2.75) is 13.0 Å². The van der Waals surface area contributed by atoms with Gasteiger partial charge in [0.2, 0.25) is 0 Å². The SMILES string of the molecule is Cc1ccc(N2C(=O)C(=O)/C(=C(\O)c3cccc(Cl)c3)C2c2ccco2)cc1. The Kier molecular flexibility index (Phi) is 4.53. The minimum Gasteiger partial charge on any atom is -0.507 e. The van der Waals surface area contributed by atoms with Crippen LogP contribution in [0.1, 0.15) is 22.9 Å². The zero-order valence-corrected chi connectivity index (χ0v) is 15.7. The van der Waals surface area contributed by atoms with Crippen LogP contribution in [0.5, 0.6) is 0 Å². The summed E-state index contributed by atoms with van der Waals surface area (Å²) in [5.41, 5.74) is 1.88. The smallest absolute Gasteiger partial charge is 0.300 e. The predicted octanol–water partition coefficient (Wildman–Crippen LogP) is 4.87. The number of ketones is 1. The number of hydrogen-bond acceptors (Lipinski definition) is 4. The van der Waals surface area contributed by atoms with Gasteiger partial charge in [0.05, 0.1) is 11.8 Å². The van der Waals surface area contributed by atoms with Crippen LogP contribution in [0, 0.1) is 6.92 Å². The van der Waals surface area contributed by atoms with Crippen LogP contribution in [0.15, 0.2) is 76.9 Å². The van der Waals surface area contributed by atoms with Crippen LogP contribution >= 0.6 is 11.6 Å². The number of anilines is 1. The van der Waals surface area contributed by atoms with E-state index in [4.69, 9.17) is 16.0 Å². The molecule has 1 aromatic heterocycles. The number of Topliss-reactive ketones (excluding diaryl/α,β-unsaturated/α-hetero) is 1. The average Bonchev–Trinajstić information content (AvgIpc) is 3.30. The number of nitrogens with zero attached hydrogens (tertiary/aromatic N) is 1. The van der Waals surface area contributed by atoms with E-state index in [-0.39, 0.29) is 11.3 Å². The van der Waals surface area contributed by atoms with Gasteiger partial charge in [0.15, 0.2) is 0 Å². The fourth-order valence-electron chi connectivity index (χ4n) is 3.31. The second-order valence-electron chi connectivity index (χ2n) is 6.53. The number of halogens is 1. The lowest BCUT2D eigenvalue weighted by molar-refractivity contribution is -0.132. The first-order chi connectivity index (χ1) is 13.5. The van der Waals surface area contributed by atoms with E-state index in [1.165, 1.54) is 17.2 Å². The standard InChI is InChI=1S/C22H16ClNO4/c1-13-7-9-16(10-8-13)24-19(17-6-3-11-28-17)18(21(26)22(24)27)20(25)14-4-2-5-15(23)12-14/h2-12,19,25H,1H3/b20-18-. The number of hydrogen-bond donors (Lipinski definition) is 1. The van der Waals surface area contributed by atoms with Crippen LogP contribution in [0.3, 0.4) is 0 Å². The summed E-state index contributed by atoms with van der Waals surface area (Å²) in [6.45, 7) is 1.93. The Balaban J connectivity index is 1.93. The molecule has 1 unspecified atom stereocenters. The highest BCUT2D eigenvalue weighted by molar-refractivity contribution is 6.51. The third kappa shape index (κ3) is 3.00. The minimum atomic E-state index is -0.878. The molecule has 3 aromatic rings. The van der Waals surface area contributed by atoms with Gasteiger partial charge in [-0.3, -0.25) is 14.5 Å². The number of carbonyl (C=O) groups is 2. The van der Waals surface area contributed by atoms with Gasteiger partial charge >= 0.3 is 0 Å². The van der Waals surface area contributed by atoms with Crippen molar-refractivity contribution in [1.82, 2.24) is 0 Å². The lowest BCUT2D eigenvalue weighted by Crippen LogP contribution is -2.29. The van der Waals surface area contributed by atoms with E-state index >= 15 is 0 Å². The molecule has 5 nitrogen and oxygen atoms in total. The van der Waals surface area contributed by atoms with Gasteiger partial charge in [-0.1, -0.05) is 41.4 Å². The number of benzene rings is 2. The molecule has 1 atom stereocenters. The molecule has 6 heteroatoms. The number of aryl methyl sites for hydroxylation is 1. The maximum absolute atomic E-state index is 12.9. The number of furan rings is 1. The van der Waals surface area contributed by atoms with Gasteiger partial charge in [-0.05, 0) is 43.3 Å². The van der Waals surface area contributed by atoms with Crippen molar-refractivity contribution < 1.29 is 19.1 Å². The van der Waals surface area contributed by atoms with Gasteiger partial charge in [0.25, 0.3) is 11.7 Å². The van der Waals surface area contributed by atoms with Crippen molar-refractivity contribution in [2.24, 2.45) is 0 Å². The molecule has 28 heavy (non-hydrogen) atoms. The van der Waals surface area contributed by atoms with Crippen LogP contribution in [0.25, 0.3) is 5.76 Å². The maximum Gasteiger partial charge on any atom is 0.300 e. The number of rotatable bonds is 3. The van der Waals surface area contributed by atoms with Crippen molar-refractivity contribution in [3.05, 3.63) is 94.4 Å². The molecule has 2 aromatic carbocycles. The summed E-state index contributed by atoms with van der Waals surface area (Å²) in [4.78, 5) is 27.1. The minimum absolute atomic E-state index is 0.0391. The van der Waals surface area contributed by atoms with Crippen molar-refractivity contribution in [3.63, 3.8) is 0 Å². The number of aliphatic hydroxyl groups is 1. The van der Waals surface area contributed by atoms with Gasteiger partial charge in [-0.25, -0.2) is 0 Å². The van der Waals surface area contributed by atoms with E-state index in [0.29, 0.717) is 22.0 Å². The average molecular weight is 394 g/mol. The predicted molar refractivity (Wildman–Crippen MR) is 106 cm³/mol. The first kappa shape index (κ1) is 18.1. The molecule has 140 valence electrons. The molecule has 4 rings (SSSR count). The molecule has 1 amide bonds. The van der Waals surface area contributed by atoms with Crippen molar-refractivity contribution >= 4 is 34.7 Å². The Morgan fingerprint density at radius 2 is 1.82 bits per heavy atom. The Morgan fingerprint density at radius 3 is 2.46 bits per heavy atom. The summed E-state index contributed by atoms with van der Waals surface area (Å²) in [7, 11) is 0. The molecule has 1 fully saturated rings. The van der Waals surface area contributed by atoms with Gasteiger partial charge in [-0.15, -0.1) is 0 Å². The highest BCUT2D eigenvalue weighted by Gasteiger charge is 2.48. The molecule has 0 saturated carbocycles. The largest absolute Gasteiger partial charge is 0.507 e. The van der Waals surface area contributed by atoms with Gasteiger partial charge in [-0.2, -0.15) is 0 Å². The molecule has 0 radical (unpaired) electrons. The van der Waals surface area contributed by atoms with E-state index in [1.807, 2.05) is 19.1 Å². The monoisotopic (exact) mass is 393 g/mol. The molecule has 1 saturated heterocycles. The van der Waals surface area contributed by atoms with Crippen molar-refractivity contribution in [3.8, 4) is 0 Å². The van der Waals surface area contributed by atoms with Crippen LogP contribution in [0.2, 0.25) is 5.02 Å². The first-order valence-corrected chi connectivity index (χ1v) is 9.02. The Morgan fingerprint density at radius 1 is 1.07 bits per heavy atom. The van der Waals surface area contributed by atoms with E-state index in [0.717, 1.165) is 5.56 Å². The summed E-state index contributed by atoms with van der Waals surface area (Å²) in [5, 5.41) is 11.3. The van der Waals surface area contributed by atoms with Crippen molar-refractivity contribution in [2.75, 3.05) is 4.90 Å². The van der Waals surface area contributed by atoms with Gasteiger partial charge < -0.3 is 9.52 Å². The Bertz CT molecular complexity index is 1080. The zero-order chi connectivity index (χ0) is 19.8. The van der Waals surface area contributed by atoms with E-state index in [9.17, 15) is 14.7 Å². The highest BCUT2D eigenvalue weighted by Crippen LogP contribution is 2.42. The molecule has 1 aliphatic heterocycles. The Hall–Kier alpha value is -3.31. The molecule has 0 spiro atoms. The first-order valence-electron chi connectivity index (χ1n) is 8.64. The van der Waals surface area contributed by atoms with Crippen LogP contribution in [-0.2, 0) is 9.59 Å². The lowest BCUT2D eigenvalue weighted by atomic mass is 9.99. The fourth-order valence-corrected chi connectivity index (χ4v) is 3.50. The summed E-state index contributed by atoms with van der Waals surface area (Å²) >= 11 is 6.02. The third-order valence-corrected chi connectivity index (χ3v) is 4.90. The second-order valence-corrected chi connectivity index (χ2v) is 6.97. The van der Waals surface area contributed by atoms with Gasteiger partial charge in [0.1, 0.15) is 17.6 Å². The van der Waals surface area contributed by atoms with Crippen LogP contribution in [0.4, 0.5) is 5.69 Å². The molecule has 0 aliphatic carbocycles. The summed E-state index contributed by atoms with van der Waals surface area (Å²) in [6, 6.07) is 16.2. The van der Waals surface area contributed by atoms with Gasteiger partial charge in [0, 0.05) is 16.3 Å². The quantitative estimate of drug-likeness (QED) is 0.391. The molecule has 2 heterocycles. The topological polar surface area (TPSA) is 70.8 Å². The number of amides is 1. The number of carbonyl (C=O) groups excluding carboxylic acids is 2. The zero-order valence-electron chi connectivity index (χ0n) is 14.9. The third-order valence-electron chi connectivity index (χ3n) is 4.67. The van der Waals surface area contributed by atoms with Crippen molar-refractivity contribution in [1.29, 1.82) is 0 Å². The molecule has 1 N–H and O–H groups in total. The summed E-state index contributed by atoms with van der Waals surface area (Å²) < 4.78 is 5.51. The molecule has 1 aliphatic rings. The fraction of sp³-hybridized carbons (Fsp3) is 0.0909. The lowest BCUT2D eigenvalue weighted by Gasteiger charge is -2.23. The summed E-state index contributed by atoms with van der Waals surface area (Å²) in [6.07, 6.45) is 1.46. The normalized spacial score (nSPS) is 18.6. The second kappa shape index (κ2) is 7.02. The van der Waals surface area contributed by atoms with E-state index in [1.54, 1.807) is 42.5 Å².